The molecule has 9 heteroatoms. The van der Waals surface area contributed by atoms with E-state index in [0.29, 0.717) is 13.0 Å². The van der Waals surface area contributed by atoms with Crippen molar-refractivity contribution < 1.29 is 19.1 Å². The number of thioether (sulfide) groups is 2. The first-order valence-corrected chi connectivity index (χ1v) is 8.93. The van der Waals surface area contributed by atoms with Crippen molar-refractivity contribution in [3.05, 3.63) is 0 Å². The van der Waals surface area contributed by atoms with Gasteiger partial charge >= 0.3 is 6.09 Å². The molecule has 0 spiro atoms. The lowest BCUT2D eigenvalue weighted by molar-refractivity contribution is -0.125. The van der Waals surface area contributed by atoms with Crippen LogP contribution < -0.4 is 16.0 Å². The molecule has 2 rings (SSSR count). The number of hydrogen-bond donors (Lipinski definition) is 3. The van der Waals surface area contributed by atoms with Crippen LogP contribution in [0.4, 0.5) is 4.79 Å². The number of carbonyl (C=O) groups excluding carboxylic acids is 3. The van der Waals surface area contributed by atoms with Crippen molar-refractivity contribution in [1.29, 1.82) is 0 Å². The van der Waals surface area contributed by atoms with E-state index in [1.807, 2.05) is 0 Å². The average molecular weight is 333 g/mol. The standard InChI is InChI=1S/C12H19N3O4S2/c1-2-19-12(18)15-9(16)7-3-4-20-11(7)14-10(17)8-5-13-6-21-8/h7-8,11,13H,2-6H2,1H3,(H,14,17)(H,15,16,18). The first-order chi connectivity index (χ1) is 10.1. The highest BCUT2D eigenvalue weighted by Gasteiger charge is 2.37. The first kappa shape index (κ1) is 16.4. The Kier molecular flexibility index (Phi) is 6.19. The van der Waals surface area contributed by atoms with Crippen LogP contribution in [0, 0.1) is 5.92 Å². The average Bonchev–Trinajstić information content (AvgIpc) is 3.09. The van der Waals surface area contributed by atoms with Crippen molar-refractivity contribution in [2.45, 2.75) is 24.0 Å². The SMILES string of the molecule is CCOC(=O)NC(=O)C1CCSC1NC(=O)C1CNCS1. The fraction of sp³-hybridized carbons (Fsp3) is 0.750. The number of rotatable bonds is 4. The Balaban J connectivity index is 1.85. The molecule has 0 aromatic carbocycles. The summed E-state index contributed by atoms with van der Waals surface area (Å²) >= 11 is 3.09. The van der Waals surface area contributed by atoms with Crippen LogP contribution in [0.25, 0.3) is 0 Å². The van der Waals surface area contributed by atoms with Gasteiger partial charge in [-0.2, -0.15) is 0 Å². The zero-order chi connectivity index (χ0) is 15.2. The molecule has 0 bridgehead atoms. The minimum atomic E-state index is -0.736. The van der Waals surface area contributed by atoms with E-state index < -0.39 is 12.0 Å². The molecule has 7 nitrogen and oxygen atoms in total. The molecule has 0 aromatic rings. The lowest BCUT2D eigenvalue weighted by atomic mass is 10.1. The van der Waals surface area contributed by atoms with Crippen LogP contribution in [0.5, 0.6) is 0 Å². The molecule has 0 aromatic heterocycles. The van der Waals surface area contributed by atoms with Crippen molar-refractivity contribution >= 4 is 41.4 Å². The highest BCUT2D eigenvalue weighted by atomic mass is 32.2. The lowest BCUT2D eigenvalue weighted by Gasteiger charge is -2.20. The smallest absolute Gasteiger partial charge is 0.413 e. The Bertz CT molecular complexity index is 415. The molecule has 2 saturated heterocycles. The van der Waals surface area contributed by atoms with Crippen molar-refractivity contribution in [3.8, 4) is 0 Å². The van der Waals surface area contributed by atoms with E-state index >= 15 is 0 Å². The highest BCUT2D eigenvalue weighted by Crippen LogP contribution is 2.31. The second kappa shape index (κ2) is 7.90. The largest absolute Gasteiger partial charge is 0.450 e. The number of carbonyl (C=O) groups is 3. The summed E-state index contributed by atoms with van der Waals surface area (Å²) in [4.78, 5) is 35.4. The molecule has 0 saturated carbocycles. The summed E-state index contributed by atoms with van der Waals surface area (Å²) in [7, 11) is 0. The summed E-state index contributed by atoms with van der Waals surface area (Å²) in [5, 5.41) is 7.83. The predicted octanol–water partition coefficient (Wildman–Crippen LogP) is 0.117. The van der Waals surface area contributed by atoms with Gasteiger partial charge in [0.1, 0.15) is 0 Å². The zero-order valence-corrected chi connectivity index (χ0v) is 13.4. The van der Waals surface area contributed by atoms with Gasteiger partial charge in [-0.3, -0.25) is 14.9 Å². The topological polar surface area (TPSA) is 96.5 Å². The molecule has 3 atom stereocenters. The van der Waals surface area contributed by atoms with Crippen molar-refractivity contribution in [3.63, 3.8) is 0 Å². The maximum atomic E-state index is 12.1. The van der Waals surface area contributed by atoms with E-state index in [0.717, 1.165) is 11.6 Å². The molecule has 3 unspecified atom stereocenters. The Morgan fingerprint density at radius 3 is 2.76 bits per heavy atom. The van der Waals surface area contributed by atoms with Crippen LogP contribution in [0.3, 0.4) is 0 Å². The van der Waals surface area contributed by atoms with Gasteiger partial charge in [-0.1, -0.05) is 0 Å². The van der Waals surface area contributed by atoms with Crippen LogP contribution in [-0.4, -0.2) is 53.3 Å². The van der Waals surface area contributed by atoms with Gasteiger partial charge in [0, 0.05) is 12.4 Å². The monoisotopic (exact) mass is 333 g/mol. The van der Waals surface area contributed by atoms with Crippen LogP contribution in [0.15, 0.2) is 0 Å². The van der Waals surface area contributed by atoms with Crippen LogP contribution in [0.2, 0.25) is 0 Å². The van der Waals surface area contributed by atoms with Gasteiger partial charge in [-0.05, 0) is 19.1 Å². The summed E-state index contributed by atoms with van der Waals surface area (Å²) in [6, 6.07) is 0. The Labute approximate surface area is 131 Å². The van der Waals surface area contributed by atoms with Gasteiger partial charge in [0.15, 0.2) is 0 Å². The van der Waals surface area contributed by atoms with Crippen molar-refractivity contribution in [2.75, 3.05) is 24.8 Å². The van der Waals surface area contributed by atoms with E-state index in [-0.39, 0.29) is 29.0 Å². The van der Waals surface area contributed by atoms with Crippen LogP contribution in [0.1, 0.15) is 13.3 Å². The number of ether oxygens (including phenoxy) is 1. The molecular weight excluding hydrogens is 314 g/mol. The third kappa shape index (κ3) is 4.52. The summed E-state index contributed by atoms with van der Waals surface area (Å²) in [5.41, 5.74) is 0. The Hall–Kier alpha value is -0.930. The van der Waals surface area contributed by atoms with Crippen LogP contribution >= 0.6 is 23.5 Å². The van der Waals surface area contributed by atoms with Gasteiger partial charge in [0.05, 0.1) is 23.1 Å². The number of amides is 3. The van der Waals surface area contributed by atoms with Crippen molar-refractivity contribution in [1.82, 2.24) is 16.0 Å². The summed E-state index contributed by atoms with van der Waals surface area (Å²) in [5.74, 6) is 0.701. The van der Waals surface area contributed by atoms with Crippen LogP contribution in [-0.2, 0) is 14.3 Å². The Morgan fingerprint density at radius 1 is 1.29 bits per heavy atom. The second-order valence-corrected chi connectivity index (χ2v) is 7.10. The van der Waals surface area contributed by atoms with Gasteiger partial charge in [0.25, 0.3) is 0 Å². The summed E-state index contributed by atoms with van der Waals surface area (Å²) < 4.78 is 4.69. The normalized spacial score (nSPS) is 28.1. The predicted molar refractivity (Wildman–Crippen MR) is 81.9 cm³/mol. The van der Waals surface area contributed by atoms with Crippen molar-refractivity contribution in [2.24, 2.45) is 5.92 Å². The number of alkyl carbamates (subject to hydrolysis) is 1. The number of imide groups is 1. The first-order valence-electron chi connectivity index (χ1n) is 6.83. The van der Waals surface area contributed by atoms with E-state index in [1.54, 1.807) is 18.7 Å². The molecule has 21 heavy (non-hydrogen) atoms. The lowest BCUT2D eigenvalue weighted by Crippen LogP contribution is -2.47. The molecule has 2 aliphatic rings. The number of hydrogen-bond acceptors (Lipinski definition) is 7. The maximum absolute atomic E-state index is 12.1. The molecule has 2 aliphatic heterocycles. The maximum Gasteiger partial charge on any atom is 0.413 e. The summed E-state index contributed by atoms with van der Waals surface area (Å²) in [6.45, 7) is 2.53. The quantitative estimate of drug-likeness (QED) is 0.672. The molecule has 0 aliphatic carbocycles. The van der Waals surface area contributed by atoms with Gasteiger partial charge in [0.2, 0.25) is 11.8 Å². The fourth-order valence-electron chi connectivity index (χ4n) is 2.17. The van der Waals surface area contributed by atoms with E-state index in [4.69, 9.17) is 4.74 Å². The molecule has 3 amide bonds. The van der Waals surface area contributed by atoms with Gasteiger partial charge in [-0.25, -0.2) is 4.79 Å². The third-order valence-corrected chi connectivity index (χ3v) is 5.65. The molecule has 2 fully saturated rings. The minimum Gasteiger partial charge on any atom is -0.450 e. The van der Waals surface area contributed by atoms with Gasteiger partial charge < -0.3 is 15.4 Å². The van der Waals surface area contributed by atoms with E-state index in [9.17, 15) is 14.4 Å². The second-order valence-electron chi connectivity index (χ2n) is 4.66. The van der Waals surface area contributed by atoms with E-state index in [2.05, 4.69) is 16.0 Å². The molecule has 2 heterocycles. The summed E-state index contributed by atoms with van der Waals surface area (Å²) in [6.07, 6.45) is -0.100. The number of nitrogens with one attached hydrogen (secondary N) is 3. The van der Waals surface area contributed by atoms with Gasteiger partial charge in [-0.15, -0.1) is 23.5 Å². The Morgan fingerprint density at radius 2 is 2.10 bits per heavy atom. The molecular formula is C12H19N3O4S2. The molecule has 0 radical (unpaired) electrons. The molecule has 3 N–H and O–H groups in total. The minimum absolute atomic E-state index is 0.0571. The zero-order valence-electron chi connectivity index (χ0n) is 11.7. The highest BCUT2D eigenvalue weighted by molar-refractivity contribution is 8.01. The van der Waals surface area contributed by atoms with E-state index in [1.165, 1.54) is 11.8 Å². The third-order valence-electron chi connectivity index (χ3n) is 3.22. The molecule has 118 valence electrons. The fourth-order valence-corrected chi connectivity index (χ4v) is 4.40.